The normalized spacial score (nSPS) is 15.4. The quantitative estimate of drug-likeness (QED) is 0.905. The van der Waals surface area contributed by atoms with Gasteiger partial charge in [0, 0.05) is 12.1 Å². The van der Waals surface area contributed by atoms with E-state index in [-0.39, 0.29) is 5.91 Å². The van der Waals surface area contributed by atoms with Gasteiger partial charge in [-0.25, -0.2) is 0 Å². The van der Waals surface area contributed by atoms with Gasteiger partial charge in [0.05, 0.1) is 12.1 Å². The van der Waals surface area contributed by atoms with Gasteiger partial charge in [-0.1, -0.05) is 32.0 Å². The zero-order valence-electron chi connectivity index (χ0n) is 11.7. The Morgan fingerprint density at radius 3 is 2.74 bits per heavy atom. The van der Waals surface area contributed by atoms with Crippen molar-refractivity contribution in [3.8, 4) is 5.75 Å². The summed E-state index contributed by atoms with van der Waals surface area (Å²) in [6.07, 6.45) is 1.31. The number of ether oxygens (including phenoxy) is 1. The molecule has 0 aromatic heterocycles. The fraction of sp³-hybridized carbons (Fsp3) is 0.533. The van der Waals surface area contributed by atoms with Gasteiger partial charge in [0.15, 0.2) is 0 Å². The van der Waals surface area contributed by atoms with Gasteiger partial charge in [0.25, 0.3) is 0 Å². The third-order valence-corrected chi connectivity index (χ3v) is 3.93. The van der Waals surface area contributed by atoms with Crippen LogP contribution in [0.5, 0.6) is 5.75 Å². The van der Waals surface area contributed by atoms with Crippen LogP contribution in [-0.2, 0) is 11.3 Å². The molecule has 4 nitrogen and oxygen atoms in total. The molecule has 1 amide bonds. The number of rotatable bonds is 3. The fourth-order valence-corrected chi connectivity index (χ4v) is 2.37. The van der Waals surface area contributed by atoms with Gasteiger partial charge in [0.2, 0.25) is 5.91 Å². The van der Waals surface area contributed by atoms with Crippen molar-refractivity contribution in [1.29, 1.82) is 0 Å². The van der Waals surface area contributed by atoms with E-state index in [0.29, 0.717) is 32.5 Å². The molecule has 1 aromatic carbocycles. The van der Waals surface area contributed by atoms with Crippen LogP contribution in [0.2, 0.25) is 0 Å². The van der Waals surface area contributed by atoms with E-state index in [0.717, 1.165) is 11.3 Å². The number of nitrogens with two attached hydrogens (primary N) is 1. The minimum Gasteiger partial charge on any atom is -0.491 e. The van der Waals surface area contributed by atoms with Crippen molar-refractivity contribution >= 4 is 5.91 Å². The van der Waals surface area contributed by atoms with Crippen LogP contribution < -0.4 is 10.5 Å². The second-order valence-electron chi connectivity index (χ2n) is 5.05. The fourth-order valence-electron chi connectivity index (χ4n) is 2.37. The first kappa shape index (κ1) is 13.9. The maximum Gasteiger partial charge on any atom is 0.243 e. The Morgan fingerprint density at radius 1 is 1.37 bits per heavy atom. The molecule has 1 aliphatic heterocycles. The highest BCUT2D eigenvalue weighted by molar-refractivity contribution is 5.86. The number of para-hydroxylation sites is 1. The Kier molecular flexibility index (Phi) is 4.10. The van der Waals surface area contributed by atoms with Crippen LogP contribution in [0.1, 0.15) is 32.3 Å². The first-order chi connectivity index (χ1) is 9.10. The lowest BCUT2D eigenvalue weighted by Crippen LogP contribution is -2.54. The maximum atomic E-state index is 12.6. The molecule has 0 atom stereocenters. The molecule has 4 heteroatoms. The summed E-state index contributed by atoms with van der Waals surface area (Å²) in [7, 11) is 0. The van der Waals surface area contributed by atoms with E-state index in [4.69, 9.17) is 10.5 Å². The van der Waals surface area contributed by atoms with Gasteiger partial charge in [-0.15, -0.1) is 0 Å². The second kappa shape index (κ2) is 5.61. The minimum absolute atomic E-state index is 0.0257. The summed E-state index contributed by atoms with van der Waals surface area (Å²) in [5.41, 5.74) is 6.50. The van der Waals surface area contributed by atoms with E-state index in [1.54, 1.807) is 0 Å². The summed E-state index contributed by atoms with van der Waals surface area (Å²) in [4.78, 5) is 14.4. The zero-order valence-corrected chi connectivity index (χ0v) is 11.7. The predicted octanol–water partition coefficient (Wildman–Crippen LogP) is 1.93. The maximum absolute atomic E-state index is 12.6. The number of fused-ring (bicyclic) bond motifs is 1. The number of carbonyl (C=O) groups excluding carboxylic acids is 1. The standard InChI is InChI=1S/C15H22N2O2/c1-3-15(16,4-2)14(18)17-9-10-19-13-8-6-5-7-12(13)11-17/h5-8H,3-4,9-11,16H2,1-2H3. The van der Waals surface area contributed by atoms with Crippen LogP contribution in [0.15, 0.2) is 24.3 Å². The summed E-state index contributed by atoms with van der Waals surface area (Å²) >= 11 is 0. The molecule has 0 spiro atoms. The third-order valence-electron chi connectivity index (χ3n) is 3.93. The molecule has 0 saturated heterocycles. The second-order valence-corrected chi connectivity index (χ2v) is 5.05. The van der Waals surface area contributed by atoms with Crippen molar-refractivity contribution in [2.24, 2.45) is 5.73 Å². The molecule has 2 N–H and O–H groups in total. The lowest BCUT2D eigenvalue weighted by molar-refractivity contribution is -0.138. The summed E-state index contributed by atoms with van der Waals surface area (Å²) in [5.74, 6) is 0.895. The molecular formula is C15H22N2O2. The van der Waals surface area contributed by atoms with E-state index < -0.39 is 5.54 Å². The van der Waals surface area contributed by atoms with Crippen molar-refractivity contribution < 1.29 is 9.53 Å². The molecule has 19 heavy (non-hydrogen) atoms. The Hall–Kier alpha value is -1.55. The number of carbonyl (C=O) groups is 1. The highest BCUT2D eigenvalue weighted by atomic mass is 16.5. The lowest BCUT2D eigenvalue weighted by atomic mass is 9.92. The van der Waals surface area contributed by atoms with Crippen LogP contribution in [0.3, 0.4) is 0 Å². The molecule has 0 bridgehead atoms. The molecule has 0 fully saturated rings. The number of benzene rings is 1. The number of hydrogen-bond acceptors (Lipinski definition) is 3. The highest BCUT2D eigenvalue weighted by Gasteiger charge is 2.34. The van der Waals surface area contributed by atoms with Crippen LogP contribution in [0.4, 0.5) is 0 Å². The van der Waals surface area contributed by atoms with Crippen LogP contribution >= 0.6 is 0 Å². The molecule has 0 saturated carbocycles. The smallest absolute Gasteiger partial charge is 0.243 e. The molecule has 0 aliphatic carbocycles. The molecule has 2 rings (SSSR count). The number of nitrogens with zero attached hydrogens (tertiary/aromatic N) is 1. The summed E-state index contributed by atoms with van der Waals surface area (Å²) in [6, 6.07) is 7.85. The van der Waals surface area contributed by atoms with Crippen LogP contribution in [-0.4, -0.2) is 29.5 Å². The van der Waals surface area contributed by atoms with Crippen molar-refractivity contribution in [2.75, 3.05) is 13.2 Å². The molecule has 0 unspecified atom stereocenters. The van der Waals surface area contributed by atoms with Crippen molar-refractivity contribution in [1.82, 2.24) is 4.90 Å². The average molecular weight is 262 g/mol. The largest absolute Gasteiger partial charge is 0.491 e. The van der Waals surface area contributed by atoms with Gasteiger partial charge in [-0.05, 0) is 18.9 Å². The zero-order chi connectivity index (χ0) is 13.9. The molecule has 1 heterocycles. The Labute approximate surface area is 114 Å². The first-order valence-electron chi connectivity index (χ1n) is 6.89. The van der Waals surface area contributed by atoms with E-state index in [2.05, 4.69) is 0 Å². The summed E-state index contributed by atoms with van der Waals surface area (Å²) in [6.45, 7) is 5.61. The monoisotopic (exact) mass is 262 g/mol. The summed E-state index contributed by atoms with van der Waals surface area (Å²) in [5, 5.41) is 0. The Bertz CT molecular complexity index is 455. The SMILES string of the molecule is CCC(N)(CC)C(=O)N1CCOc2ccccc2C1. The van der Waals surface area contributed by atoms with E-state index in [1.807, 2.05) is 43.0 Å². The predicted molar refractivity (Wildman–Crippen MR) is 74.9 cm³/mol. The average Bonchev–Trinajstić information content (AvgIpc) is 2.67. The topological polar surface area (TPSA) is 55.6 Å². The number of amides is 1. The van der Waals surface area contributed by atoms with Crippen molar-refractivity contribution in [3.05, 3.63) is 29.8 Å². The van der Waals surface area contributed by atoms with Gasteiger partial charge >= 0.3 is 0 Å². The van der Waals surface area contributed by atoms with Crippen LogP contribution in [0.25, 0.3) is 0 Å². The third kappa shape index (κ3) is 2.73. The van der Waals surface area contributed by atoms with Crippen LogP contribution in [0, 0.1) is 0 Å². The number of hydrogen-bond donors (Lipinski definition) is 1. The highest BCUT2D eigenvalue weighted by Crippen LogP contribution is 2.24. The van der Waals surface area contributed by atoms with Gasteiger partial charge < -0.3 is 15.4 Å². The molecule has 1 aromatic rings. The molecule has 1 aliphatic rings. The molecule has 0 radical (unpaired) electrons. The van der Waals surface area contributed by atoms with E-state index in [1.165, 1.54) is 0 Å². The van der Waals surface area contributed by atoms with Crippen molar-refractivity contribution in [3.63, 3.8) is 0 Å². The summed E-state index contributed by atoms with van der Waals surface area (Å²) < 4.78 is 5.67. The Balaban J connectivity index is 2.21. The van der Waals surface area contributed by atoms with Gasteiger partial charge in [0.1, 0.15) is 12.4 Å². The van der Waals surface area contributed by atoms with Gasteiger partial charge in [-0.3, -0.25) is 4.79 Å². The molecule has 104 valence electrons. The molecular weight excluding hydrogens is 240 g/mol. The van der Waals surface area contributed by atoms with E-state index >= 15 is 0 Å². The van der Waals surface area contributed by atoms with E-state index in [9.17, 15) is 4.79 Å². The van der Waals surface area contributed by atoms with Gasteiger partial charge in [-0.2, -0.15) is 0 Å². The minimum atomic E-state index is -0.751. The lowest BCUT2D eigenvalue weighted by Gasteiger charge is -2.32. The van der Waals surface area contributed by atoms with Crippen molar-refractivity contribution in [2.45, 2.75) is 38.8 Å². The first-order valence-corrected chi connectivity index (χ1v) is 6.89. The Morgan fingerprint density at radius 2 is 2.05 bits per heavy atom.